The normalized spacial score (nSPS) is 21.5. The van der Waals surface area contributed by atoms with E-state index in [2.05, 4.69) is 0 Å². The summed E-state index contributed by atoms with van der Waals surface area (Å²) in [5.74, 6) is -1.40. The van der Waals surface area contributed by atoms with Gasteiger partial charge in [-0.2, -0.15) is 0 Å². The summed E-state index contributed by atoms with van der Waals surface area (Å²) < 4.78 is 0. The first kappa shape index (κ1) is 24.9. The average molecular weight is 507 g/mol. The van der Waals surface area contributed by atoms with Crippen LogP contribution in [0.4, 0.5) is 0 Å². The zero-order valence-corrected chi connectivity index (χ0v) is 20.2. The van der Waals surface area contributed by atoms with Gasteiger partial charge in [0.15, 0.2) is 0 Å². The van der Waals surface area contributed by atoms with E-state index in [-0.39, 0.29) is 39.5 Å². The lowest BCUT2D eigenvalue weighted by Gasteiger charge is -2.34. The molecule has 38 heavy (non-hydrogen) atoms. The number of benzene rings is 3. The smallest absolute Gasteiger partial charge is 0.129 e. The van der Waals surface area contributed by atoms with Gasteiger partial charge in [0.05, 0.1) is 5.56 Å². The minimum Gasteiger partial charge on any atom is -0.508 e. The molecule has 2 atom stereocenters. The second kappa shape index (κ2) is 10.3. The molecular weight excluding hydrogens is 480 g/mol. The van der Waals surface area contributed by atoms with Gasteiger partial charge >= 0.3 is 0 Å². The van der Waals surface area contributed by atoms with Crippen LogP contribution in [0.25, 0.3) is 23.8 Å². The van der Waals surface area contributed by atoms with Crippen LogP contribution in [0, 0.1) is 0 Å². The lowest BCUT2D eigenvalue weighted by molar-refractivity contribution is 0.208. The maximum absolute atomic E-state index is 10.9. The van der Waals surface area contributed by atoms with Gasteiger partial charge in [0.1, 0.15) is 35.2 Å². The summed E-state index contributed by atoms with van der Waals surface area (Å²) in [5, 5.41) is 64.3. The molecule has 2 aliphatic carbocycles. The topological polar surface area (TPSA) is 121 Å². The van der Waals surface area contributed by atoms with Gasteiger partial charge in [0, 0.05) is 16.7 Å². The summed E-state index contributed by atoms with van der Waals surface area (Å²) in [5.41, 5.74) is 2.62. The van der Waals surface area contributed by atoms with Gasteiger partial charge in [-0.05, 0) is 46.5 Å². The SMILES string of the molecule is OC1=CC(C=Cc2ccccc2)=CC(O)C1=C1C(O)=C(c2c(O)cc(C=Cc3ccccc3)cc2O)C1O. The first-order chi connectivity index (χ1) is 18.3. The third-order valence-corrected chi connectivity index (χ3v) is 6.50. The fourth-order valence-electron chi connectivity index (χ4n) is 4.62. The van der Waals surface area contributed by atoms with E-state index in [1.165, 1.54) is 24.3 Å². The standard InChI is InChI=1S/C32H26O6/c33-23-15-21(13-11-19-7-3-1-4-8-19)16-24(34)27(23)29-31(37)30(32(29)38)28-25(35)17-22(18-26(28)36)14-12-20-9-5-2-6-10-20/h1-18,23,31,33-38H. The van der Waals surface area contributed by atoms with E-state index in [0.29, 0.717) is 11.1 Å². The molecule has 0 radical (unpaired) electrons. The van der Waals surface area contributed by atoms with Crippen molar-refractivity contribution in [1.82, 2.24) is 0 Å². The fraction of sp³-hybridized carbons (Fsp3) is 0.0625. The Hall–Kier alpha value is -4.78. The first-order valence-electron chi connectivity index (χ1n) is 12.0. The largest absolute Gasteiger partial charge is 0.508 e. The lowest BCUT2D eigenvalue weighted by atomic mass is 9.76. The summed E-state index contributed by atoms with van der Waals surface area (Å²) in [6.07, 6.45) is 7.27. The summed E-state index contributed by atoms with van der Waals surface area (Å²) in [7, 11) is 0. The van der Waals surface area contributed by atoms with Crippen LogP contribution in [-0.2, 0) is 0 Å². The molecular formula is C32H26O6. The van der Waals surface area contributed by atoms with Crippen LogP contribution in [0.3, 0.4) is 0 Å². The van der Waals surface area contributed by atoms with Gasteiger partial charge in [0.2, 0.25) is 0 Å². The summed E-state index contributed by atoms with van der Waals surface area (Å²) in [6.45, 7) is 0. The number of allylic oxidation sites excluding steroid dienone is 3. The molecule has 0 saturated carbocycles. The second-order valence-electron chi connectivity index (χ2n) is 9.06. The van der Waals surface area contributed by atoms with Crippen molar-refractivity contribution in [3.63, 3.8) is 0 Å². The number of hydrogen-bond acceptors (Lipinski definition) is 6. The molecule has 6 N–H and O–H groups in total. The molecule has 0 aliphatic heterocycles. The third-order valence-electron chi connectivity index (χ3n) is 6.50. The Morgan fingerprint density at radius 2 is 1.11 bits per heavy atom. The number of phenolic OH excluding ortho intramolecular Hbond substituents is 2. The van der Waals surface area contributed by atoms with Crippen LogP contribution in [0.5, 0.6) is 11.5 Å². The van der Waals surface area contributed by atoms with Crippen molar-refractivity contribution in [2.45, 2.75) is 12.2 Å². The van der Waals surface area contributed by atoms with E-state index in [4.69, 9.17) is 0 Å². The molecule has 0 heterocycles. The van der Waals surface area contributed by atoms with E-state index in [1.807, 2.05) is 72.8 Å². The van der Waals surface area contributed by atoms with Crippen molar-refractivity contribution in [1.29, 1.82) is 0 Å². The predicted molar refractivity (Wildman–Crippen MR) is 148 cm³/mol. The Balaban J connectivity index is 1.43. The lowest BCUT2D eigenvalue weighted by Crippen LogP contribution is -2.31. The van der Waals surface area contributed by atoms with Crippen LogP contribution in [-0.4, -0.2) is 42.8 Å². The zero-order valence-electron chi connectivity index (χ0n) is 20.2. The van der Waals surface area contributed by atoms with Crippen molar-refractivity contribution >= 4 is 23.8 Å². The number of aromatic hydroxyl groups is 2. The zero-order chi connectivity index (χ0) is 26.8. The summed E-state index contributed by atoms with van der Waals surface area (Å²) >= 11 is 0. The van der Waals surface area contributed by atoms with E-state index in [0.717, 1.165) is 11.1 Å². The van der Waals surface area contributed by atoms with Crippen LogP contribution in [0.1, 0.15) is 22.3 Å². The van der Waals surface area contributed by atoms with E-state index < -0.39 is 18.0 Å². The predicted octanol–water partition coefficient (Wildman–Crippen LogP) is 5.66. The summed E-state index contributed by atoms with van der Waals surface area (Å²) in [6, 6.07) is 21.9. The van der Waals surface area contributed by atoms with Crippen LogP contribution in [0.15, 0.2) is 119 Å². The molecule has 5 rings (SSSR count). The number of phenols is 2. The van der Waals surface area contributed by atoms with E-state index >= 15 is 0 Å². The van der Waals surface area contributed by atoms with Crippen LogP contribution < -0.4 is 0 Å². The number of aliphatic hydroxyl groups is 4. The number of aliphatic hydroxyl groups excluding tert-OH is 4. The third kappa shape index (κ3) is 4.78. The second-order valence-corrected chi connectivity index (χ2v) is 9.06. The quantitative estimate of drug-likeness (QED) is 0.248. The molecule has 0 aromatic heterocycles. The molecule has 6 nitrogen and oxygen atoms in total. The Labute approximate surface area is 219 Å². The van der Waals surface area contributed by atoms with Gasteiger partial charge in [0.25, 0.3) is 0 Å². The molecule has 2 unspecified atom stereocenters. The average Bonchev–Trinajstić information content (AvgIpc) is 2.91. The highest BCUT2D eigenvalue weighted by atomic mass is 16.3. The van der Waals surface area contributed by atoms with Crippen molar-refractivity contribution < 1.29 is 30.6 Å². The highest BCUT2D eigenvalue weighted by molar-refractivity contribution is 5.91. The fourth-order valence-corrected chi connectivity index (χ4v) is 4.62. The van der Waals surface area contributed by atoms with Crippen LogP contribution >= 0.6 is 0 Å². The maximum Gasteiger partial charge on any atom is 0.129 e. The minimum absolute atomic E-state index is 0.0444. The molecule has 3 aromatic rings. The number of rotatable bonds is 5. The minimum atomic E-state index is -1.45. The maximum atomic E-state index is 10.9. The Morgan fingerprint density at radius 3 is 1.63 bits per heavy atom. The molecule has 0 spiro atoms. The van der Waals surface area contributed by atoms with Gasteiger partial charge in [-0.15, -0.1) is 0 Å². The Bertz CT molecular complexity index is 1530. The molecule has 0 amide bonds. The molecule has 190 valence electrons. The van der Waals surface area contributed by atoms with Gasteiger partial charge < -0.3 is 30.6 Å². The van der Waals surface area contributed by atoms with Crippen molar-refractivity contribution in [3.05, 3.63) is 142 Å². The highest BCUT2D eigenvalue weighted by Crippen LogP contribution is 2.49. The van der Waals surface area contributed by atoms with E-state index in [1.54, 1.807) is 12.2 Å². The monoisotopic (exact) mass is 506 g/mol. The molecule has 0 fully saturated rings. The van der Waals surface area contributed by atoms with Crippen molar-refractivity contribution in [2.24, 2.45) is 0 Å². The van der Waals surface area contributed by atoms with Gasteiger partial charge in [-0.3, -0.25) is 0 Å². The summed E-state index contributed by atoms with van der Waals surface area (Å²) in [4.78, 5) is 0. The van der Waals surface area contributed by atoms with Crippen molar-refractivity contribution in [3.8, 4) is 11.5 Å². The van der Waals surface area contributed by atoms with Gasteiger partial charge in [-0.25, -0.2) is 0 Å². The van der Waals surface area contributed by atoms with Crippen molar-refractivity contribution in [2.75, 3.05) is 0 Å². The van der Waals surface area contributed by atoms with E-state index in [9.17, 15) is 30.6 Å². The molecule has 3 aromatic carbocycles. The first-order valence-corrected chi connectivity index (χ1v) is 12.0. The van der Waals surface area contributed by atoms with Crippen LogP contribution in [0.2, 0.25) is 0 Å². The number of hydrogen-bond donors (Lipinski definition) is 6. The molecule has 2 aliphatic rings. The molecule has 0 saturated heterocycles. The van der Waals surface area contributed by atoms with Gasteiger partial charge in [-0.1, -0.05) is 85.0 Å². The Morgan fingerprint density at radius 1 is 0.579 bits per heavy atom. The molecule has 0 bridgehead atoms. The Kier molecular flexibility index (Phi) is 6.75. The molecule has 6 heteroatoms. The highest BCUT2D eigenvalue weighted by Gasteiger charge is 2.42.